The van der Waals surface area contributed by atoms with Crippen LogP contribution in [0, 0.1) is 6.92 Å². The van der Waals surface area contributed by atoms with Crippen molar-refractivity contribution in [3.05, 3.63) is 28.8 Å². The molecule has 1 rings (SSSR count). The molecule has 0 amide bonds. The monoisotopic (exact) mass is 246 g/mol. The van der Waals surface area contributed by atoms with E-state index in [4.69, 9.17) is 27.9 Å². The number of hydrogen-bond donors (Lipinski definition) is 0. The van der Waals surface area contributed by atoms with Gasteiger partial charge in [0.05, 0.1) is 11.6 Å². The lowest BCUT2D eigenvalue weighted by Crippen LogP contribution is -1.98. The Balaban J connectivity index is 2.31. The molecule has 1 aromatic rings. The Hall–Kier alpha value is -0.400. The molecule has 0 aliphatic rings. The van der Waals surface area contributed by atoms with Crippen molar-refractivity contribution in [1.29, 1.82) is 0 Å². The fourth-order valence-corrected chi connectivity index (χ4v) is 1.76. The molecule has 1 aromatic carbocycles. The molecule has 0 unspecified atom stereocenters. The van der Waals surface area contributed by atoms with Crippen molar-refractivity contribution in [2.75, 3.05) is 12.5 Å². The first kappa shape index (κ1) is 12.7. The summed E-state index contributed by atoms with van der Waals surface area (Å²) in [6.07, 6.45) is 3.18. The summed E-state index contributed by atoms with van der Waals surface area (Å²) in [6, 6.07) is 5.83. The Morgan fingerprint density at radius 3 is 2.67 bits per heavy atom. The smallest absolute Gasteiger partial charge is 0.137 e. The maximum Gasteiger partial charge on any atom is 0.137 e. The second-order valence-corrected chi connectivity index (χ2v) is 4.32. The number of unbranched alkanes of at least 4 members (excludes halogenated alkanes) is 2. The zero-order valence-corrected chi connectivity index (χ0v) is 10.4. The highest BCUT2D eigenvalue weighted by molar-refractivity contribution is 6.32. The molecule has 3 heteroatoms. The molecular formula is C12H16Cl2O. The molecule has 0 spiro atoms. The van der Waals surface area contributed by atoms with Crippen LogP contribution in [-0.2, 0) is 0 Å². The lowest BCUT2D eigenvalue weighted by Gasteiger charge is -2.07. The van der Waals surface area contributed by atoms with E-state index in [2.05, 4.69) is 0 Å². The van der Waals surface area contributed by atoms with Crippen molar-refractivity contribution in [3.63, 3.8) is 0 Å². The van der Waals surface area contributed by atoms with E-state index in [1.165, 1.54) is 0 Å². The van der Waals surface area contributed by atoms with Crippen LogP contribution in [0.2, 0.25) is 5.02 Å². The van der Waals surface area contributed by atoms with Crippen molar-refractivity contribution in [2.24, 2.45) is 0 Å². The van der Waals surface area contributed by atoms with Crippen molar-refractivity contribution in [3.8, 4) is 5.75 Å². The lowest BCUT2D eigenvalue weighted by atomic mass is 10.2. The van der Waals surface area contributed by atoms with Gasteiger partial charge in [0, 0.05) is 5.88 Å². The van der Waals surface area contributed by atoms with Gasteiger partial charge < -0.3 is 4.74 Å². The summed E-state index contributed by atoms with van der Waals surface area (Å²) >= 11 is 11.6. The SMILES string of the molecule is Cc1ccc(OCCCCCCl)c(Cl)c1. The second-order valence-electron chi connectivity index (χ2n) is 3.53. The number of rotatable bonds is 6. The van der Waals surface area contributed by atoms with Gasteiger partial charge in [-0.25, -0.2) is 0 Å². The van der Waals surface area contributed by atoms with E-state index in [0.717, 1.165) is 36.5 Å². The van der Waals surface area contributed by atoms with Gasteiger partial charge in [-0.15, -0.1) is 11.6 Å². The van der Waals surface area contributed by atoms with Crippen LogP contribution >= 0.6 is 23.2 Å². The minimum absolute atomic E-state index is 0.687. The second kappa shape index (κ2) is 6.97. The van der Waals surface area contributed by atoms with Gasteiger partial charge in [-0.2, -0.15) is 0 Å². The first-order valence-electron chi connectivity index (χ1n) is 5.19. The predicted octanol–water partition coefficient (Wildman–Crippen LogP) is 4.44. The fraction of sp³-hybridized carbons (Fsp3) is 0.500. The van der Waals surface area contributed by atoms with E-state index < -0.39 is 0 Å². The van der Waals surface area contributed by atoms with E-state index >= 15 is 0 Å². The molecule has 15 heavy (non-hydrogen) atoms. The minimum Gasteiger partial charge on any atom is -0.492 e. The van der Waals surface area contributed by atoms with Crippen LogP contribution in [0.15, 0.2) is 18.2 Å². The molecule has 0 aliphatic carbocycles. The maximum atomic E-state index is 6.02. The van der Waals surface area contributed by atoms with Gasteiger partial charge in [0.15, 0.2) is 0 Å². The number of alkyl halides is 1. The Bertz CT molecular complexity index is 300. The van der Waals surface area contributed by atoms with Crippen molar-refractivity contribution >= 4 is 23.2 Å². The summed E-state index contributed by atoms with van der Waals surface area (Å²) in [6.45, 7) is 2.72. The van der Waals surface area contributed by atoms with Crippen LogP contribution < -0.4 is 4.74 Å². The molecule has 0 aromatic heterocycles. The highest BCUT2D eigenvalue weighted by Crippen LogP contribution is 2.25. The molecule has 0 radical (unpaired) electrons. The van der Waals surface area contributed by atoms with Crippen LogP contribution in [-0.4, -0.2) is 12.5 Å². The van der Waals surface area contributed by atoms with Crippen LogP contribution in [0.1, 0.15) is 24.8 Å². The molecule has 0 saturated heterocycles. The maximum absolute atomic E-state index is 6.02. The lowest BCUT2D eigenvalue weighted by molar-refractivity contribution is 0.306. The van der Waals surface area contributed by atoms with Crippen LogP contribution in [0.3, 0.4) is 0 Å². The standard InChI is InChI=1S/C12H16Cl2O/c1-10-5-6-12(11(14)9-10)15-8-4-2-3-7-13/h5-6,9H,2-4,7-8H2,1H3. The van der Waals surface area contributed by atoms with E-state index in [1.807, 2.05) is 25.1 Å². The van der Waals surface area contributed by atoms with Crippen LogP contribution in [0.4, 0.5) is 0 Å². The Morgan fingerprint density at radius 2 is 2.00 bits per heavy atom. The van der Waals surface area contributed by atoms with E-state index in [-0.39, 0.29) is 0 Å². The zero-order valence-electron chi connectivity index (χ0n) is 8.93. The first-order valence-corrected chi connectivity index (χ1v) is 6.10. The summed E-state index contributed by atoms with van der Waals surface area (Å²) in [4.78, 5) is 0. The van der Waals surface area contributed by atoms with Gasteiger partial charge in [0.25, 0.3) is 0 Å². The number of aryl methyl sites for hydroxylation is 1. The highest BCUT2D eigenvalue weighted by atomic mass is 35.5. The summed E-state index contributed by atoms with van der Waals surface area (Å²) in [5.41, 5.74) is 1.15. The highest BCUT2D eigenvalue weighted by Gasteiger charge is 2.00. The molecule has 0 aliphatic heterocycles. The Kier molecular flexibility index (Phi) is 5.89. The third-order valence-corrected chi connectivity index (χ3v) is 2.69. The molecule has 84 valence electrons. The van der Waals surface area contributed by atoms with Crippen molar-refractivity contribution < 1.29 is 4.74 Å². The van der Waals surface area contributed by atoms with Gasteiger partial charge in [-0.1, -0.05) is 17.7 Å². The molecule has 0 fully saturated rings. The van der Waals surface area contributed by atoms with Gasteiger partial charge in [-0.3, -0.25) is 0 Å². The molecule has 0 bridgehead atoms. The van der Waals surface area contributed by atoms with Gasteiger partial charge in [-0.05, 0) is 43.9 Å². The topological polar surface area (TPSA) is 9.23 Å². The number of benzene rings is 1. The molecule has 0 atom stereocenters. The first-order chi connectivity index (χ1) is 7.24. The van der Waals surface area contributed by atoms with Crippen molar-refractivity contribution in [2.45, 2.75) is 26.2 Å². The van der Waals surface area contributed by atoms with Crippen molar-refractivity contribution in [1.82, 2.24) is 0 Å². The average molecular weight is 247 g/mol. The summed E-state index contributed by atoms with van der Waals surface area (Å²) < 4.78 is 5.56. The summed E-state index contributed by atoms with van der Waals surface area (Å²) in [5, 5.41) is 0.687. The largest absolute Gasteiger partial charge is 0.492 e. The Morgan fingerprint density at radius 1 is 1.20 bits per heavy atom. The number of halogens is 2. The molecule has 0 saturated carbocycles. The molecule has 0 N–H and O–H groups in total. The summed E-state index contributed by atoms with van der Waals surface area (Å²) in [5.74, 6) is 1.50. The molecular weight excluding hydrogens is 231 g/mol. The summed E-state index contributed by atoms with van der Waals surface area (Å²) in [7, 11) is 0. The van der Waals surface area contributed by atoms with Crippen LogP contribution in [0.5, 0.6) is 5.75 Å². The van der Waals surface area contributed by atoms with Crippen LogP contribution in [0.25, 0.3) is 0 Å². The van der Waals surface area contributed by atoms with Gasteiger partial charge >= 0.3 is 0 Å². The third kappa shape index (κ3) is 4.76. The zero-order chi connectivity index (χ0) is 11.1. The van der Waals surface area contributed by atoms with E-state index in [1.54, 1.807) is 0 Å². The van der Waals surface area contributed by atoms with Gasteiger partial charge in [0.2, 0.25) is 0 Å². The minimum atomic E-state index is 0.687. The average Bonchev–Trinajstić information content (AvgIpc) is 2.20. The number of hydrogen-bond acceptors (Lipinski definition) is 1. The quantitative estimate of drug-likeness (QED) is 0.533. The van der Waals surface area contributed by atoms with Gasteiger partial charge in [0.1, 0.15) is 5.75 Å². The number of ether oxygens (including phenoxy) is 1. The third-order valence-electron chi connectivity index (χ3n) is 2.12. The normalized spacial score (nSPS) is 10.3. The molecule has 1 nitrogen and oxygen atoms in total. The fourth-order valence-electron chi connectivity index (χ4n) is 1.28. The Labute approximate surface area is 101 Å². The molecule has 0 heterocycles. The van der Waals surface area contributed by atoms with E-state index in [9.17, 15) is 0 Å². The predicted molar refractivity (Wildman–Crippen MR) is 66.3 cm³/mol. The van der Waals surface area contributed by atoms with E-state index in [0.29, 0.717) is 11.6 Å².